The van der Waals surface area contributed by atoms with Gasteiger partial charge in [-0.1, -0.05) is 25.8 Å². The Balaban J connectivity index is 2.02. The van der Waals surface area contributed by atoms with Gasteiger partial charge in [0.05, 0.1) is 0 Å². The normalized spacial score (nSPS) is 20.8. The number of anilines is 2. The minimum Gasteiger partial charge on any atom is -0.398 e. The first-order valence-electron chi connectivity index (χ1n) is 7.31. The number of nitrogens with zero attached hydrogens (tertiary/aromatic N) is 1. The number of rotatable bonds is 3. The quantitative estimate of drug-likeness (QED) is 0.817. The van der Waals surface area contributed by atoms with E-state index < -0.39 is 0 Å². The Morgan fingerprint density at radius 3 is 2.83 bits per heavy atom. The Labute approximate surface area is 111 Å². The zero-order chi connectivity index (χ0) is 13.0. The molecule has 2 nitrogen and oxygen atoms in total. The molecular weight excluding hydrogens is 220 g/mol. The van der Waals surface area contributed by atoms with Crippen LogP contribution in [-0.4, -0.2) is 13.1 Å². The van der Waals surface area contributed by atoms with E-state index in [0.29, 0.717) is 0 Å². The van der Waals surface area contributed by atoms with Crippen LogP contribution < -0.4 is 10.6 Å². The van der Waals surface area contributed by atoms with Crippen molar-refractivity contribution < 1.29 is 0 Å². The maximum atomic E-state index is 6.01. The highest BCUT2D eigenvalue weighted by Crippen LogP contribution is 2.27. The molecule has 0 saturated carbocycles. The van der Waals surface area contributed by atoms with Gasteiger partial charge in [-0.3, -0.25) is 0 Å². The average molecular weight is 246 g/mol. The van der Waals surface area contributed by atoms with Gasteiger partial charge in [0.15, 0.2) is 0 Å². The van der Waals surface area contributed by atoms with E-state index in [-0.39, 0.29) is 0 Å². The number of hydrogen-bond acceptors (Lipinski definition) is 2. The topological polar surface area (TPSA) is 29.3 Å². The summed E-state index contributed by atoms with van der Waals surface area (Å²) in [4.78, 5) is 2.51. The highest BCUT2D eigenvalue weighted by Gasteiger charge is 2.16. The molecule has 1 aliphatic rings. The van der Waals surface area contributed by atoms with Crippen LogP contribution >= 0.6 is 0 Å². The maximum absolute atomic E-state index is 6.01. The van der Waals surface area contributed by atoms with Crippen molar-refractivity contribution in [1.29, 1.82) is 0 Å². The van der Waals surface area contributed by atoms with E-state index in [4.69, 9.17) is 5.73 Å². The number of hydrogen-bond donors (Lipinski definition) is 1. The van der Waals surface area contributed by atoms with Crippen molar-refractivity contribution in [3.8, 4) is 0 Å². The van der Waals surface area contributed by atoms with Crippen molar-refractivity contribution in [3.63, 3.8) is 0 Å². The zero-order valence-corrected chi connectivity index (χ0v) is 11.8. The summed E-state index contributed by atoms with van der Waals surface area (Å²) in [6, 6.07) is 6.49. The second-order valence-electron chi connectivity index (χ2n) is 5.61. The van der Waals surface area contributed by atoms with Gasteiger partial charge in [0.25, 0.3) is 0 Å². The van der Waals surface area contributed by atoms with Crippen molar-refractivity contribution in [2.75, 3.05) is 23.7 Å². The predicted octanol–water partition coefficient (Wildman–Crippen LogP) is 3.98. The molecule has 1 aromatic rings. The molecule has 1 atom stereocenters. The van der Waals surface area contributed by atoms with Crippen molar-refractivity contribution >= 4 is 11.4 Å². The van der Waals surface area contributed by atoms with Crippen LogP contribution in [0.2, 0.25) is 0 Å². The first-order chi connectivity index (χ1) is 8.70. The van der Waals surface area contributed by atoms with Crippen LogP contribution in [0.25, 0.3) is 0 Å². The lowest BCUT2D eigenvalue weighted by Crippen LogP contribution is -2.24. The molecule has 0 spiro atoms. The molecule has 0 aromatic heterocycles. The van der Waals surface area contributed by atoms with E-state index in [1.807, 2.05) is 0 Å². The molecule has 0 radical (unpaired) electrons. The lowest BCUT2D eigenvalue weighted by atomic mass is 9.96. The molecule has 1 aromatic carbocycles. The smallest absolute Gasteiger partial charge is 0.0387 e. The van der Waals surface area contributed by atoms with Crippen LogP contribution in [0.15, 0.2) is 18.2 Å². The summed E-state index contributed by atoms with van der Waals surface area (Å²) >= 11 is 0. The van der Waals surface area contributed by atoms with Gasteiger partial charge < -0.3 is 10.6 Å². The molecule has 1 heterocycles. The summed E-state index contributed by atoms with van der Waals surface area (Å²) in [6.45, 7) is 6.73. The molecule has 2 rings (SSSR count). The Kier molecular flexibility index (Phi) is 4.51. The van der Waals surface area contributed by atoms with E-state index in [1.165, 1.54) is 56.4 Å². The van der Waals surface area contributed by atoms with E-state index in [1.54, 1.807) is 0 Å². The van der Waals surface area contributed by atoms with Crippen molar-refractivity contribution in [1.82, 2.24) is 0 Å². The monoisotopic (exact) mass is 246 g/mol. The lowest BCUT2D eigenvalue weighted by molar-refractivity contribution is 0.435. The zero-order valence-electron chi connectivity index (χ0n) is 11.8. The first-order valence-corrected chi connectivity index (χ1v) is 7.31. The van der Waals surface area contributed by atoms with Crippen LogP contribution in [0.4, 0.5) is 11.4 Å². The molecule has 18 heavy (non-hydrogen) atoms. The third kappa shape index (κ3) is 3.18. The summed E-state index contributed by atoms with van der Waals surface area (Å²) in [5, 5.41) is 0. The number of nitrogens with two attached hydrogens (primary N) is 1. The second-order valence-corrected chi connectivity index (χ2v) is 5.61. The average Bonchev–Trinajstić information content (AvgIpc) is 2.59. The van der Waals surface area contributed by atoms with Crippen molar-refractivity contribution in [2.24, 2.45) is 5.92 Å². The molecule has 100 valence electrons. The molecule has 2 heteroatoms. The van der Waals surface area contributed by atoms with Crippen LogP contribution in [0.3, 0.4) is 0 Å². The number of benzene rings is 1. The van der Waals surface area contributed by atoms with Gasteiger partial charge in [-0.25, -0.2) is 0 Å². The van der Waals surface area contributed by atoms with Gasteiger partial charge in [0, 0.05) is 24.5 Å². The molecule has 0 bridgehead atoms. The Hall–Kier alpha value is -1.18. The fourth-order valence-electron chi connectivity index (χ4n) is 2.95. The largest absolute Gasteiger partial charge is 0.398 e. The molecule has 1 fully saturated rings. The van der Waals surface area contributed by atoms with Crippen LogP contribution in [0, 0.1) is 12.8 Å². The summed E-state index contributed by atoms with van der Waals surface area (Å²) in [5.41, 5.74) is 9.41. The third-order valence-corrected chi connectivity index (χ3v) is 4.17. The summed E-state index contributed by atoms with van der Waals surface area (Å²) in [6.07, 6.45) is 6.76. The van der Waals surface area contributed by atoms with Crippen LogP contribution in [-0.2, 0) is 0 Å². The highest BCUT2D eigenvalue weighted by molar-refractivity contribution is 5.59. The molecule has 1 aliphatic heterocycles. The molecule has 1 unspecified atom stereocenters. The predicted molar refractivity (Wildman–Crippen MR) is 80.1 cm³/mol. The van der Waals surface area contributed by atoms with Gasteiger partial charge in [-0.2, -0.15) is 0 Å². The van der Waals surface area contributed by atoms with Gasteiger partial charge in [0.1, 0.15) is 0 Å². The Morgan fingerprint density at radius 2 is 2.11 bits per heavy atom. The summed E-state index contributed by atoms with van der Waals surface area (Å²) in [5.74, 6) is 0.933. The molecule has 0 aliphatic carbocycles. The van der Waals surface area contributed by atoms with E-state index in [9.17, 15) is 0 Å². The number of nitrogen functional groups attached to an aromatic ring is 1. The van der Waals surface area contributed by atoms with Crippen LogP contribution in [0.5, 0.6) is 0 Å². The maximum Gasteiger partial charge on any atom is 0.0387 e. The van der Waals surface area contributed by atoms with E-state index in [0.717, 1.165) is 11.6 Å². The van der Waals surface area contributed by atoms with Gasteiger partial charge in [-0.05, 0) is 49.8 Å². The summed E-state index contributed by atoms with van der Waals surface area (Å²) in [7, 11) is 0. The highest BCUT2D eigenvalue weighted by atomic mass is 15.1. The fourth-order valence-corrected chi connectivity index (χ4v) is 2.95. The van der Waals surface area contributed by atoms with Gasteiger partial charge in [-0.15, -0.1) is 0 Å². The van der Waals surface area contributed by atoms with Gasteiger partial charge in [0.2, 0.25) is 0 Å². The lowest BCUT2D eigenvalue weighted by Gasteiger charge is -2.23. The first kappa shape index (κ1) is 13.3. The standard InChI is InChI=1S/C16H26N2/c1-3-5-14-6-4-10-18(11-9-14)15-8-7-13(2)16(17)12-15/h7-8,12,14H,3-6,9-11,17H2,1-2H3. The summed E-state index contributed by atoms with van der Waals surface area (Å²) < 4.78 is 0. The van der Waals surface area contributed by atoms with Gasteiger partial charge >= 0.3 is 0 Å². The molecular formula is C16H26N2. The van der Waals surface area contributed by atoms with Crippen molar-refractivity contribution in [2.45, 2.75) is 46.0 Å². The van der Waals surface area contributed by atoms with E-state index >= 15 is 0 Å². The Morgan fingerprint density at radius 1 is 1.28 bits per heavy atom. The van der Waals surface area contributed by atoms with Crippen molar-refractivity contribution in [3.05, 3.63) is 23.8 Å². The minimum absolute atomic E-state index is 0.918. The fraction of sp³-hybridized carbons (Fsp3) is 0.625. The number of aryl methyl sites for hydroxylation is 1. The molecule has 2 N–H and O–H groups in total. The van der Waals surface area contributed by atoms with E-state index in [2.05, 4.69) is 36.9 Å². The third-order valence-electron chi connectivity index (χ3n) is 4.17. The molecule has 1 saturated heterocycles. The SMILES string of the molecule is CCCC1CCCN(c2ccc(C)c(N)c2)CC1. The second kappa shape index (κ2) is 6.12. The molecule has 0 amide bonds. The Bertz CT molecular complexity index is 387. The van der Waals surface area contributed by atoms with Crippen LogP contribution in [0.1, 0.15) is 44.6 Å². The minimum atomic E-state index is 0.918.